The first-order valence-electron chi connectivity index (χ1n) is 0.289. The summed E-state index contributed by atoms with van der Waals surface area (Å²) in [6, 6.07) is 0. The van der Waals surface area contributed by atoms with Crippen LogP contribution in [0.3, 0.4) is 0 Å². The van der Waals surface area contributed by atoms with Gasteiger partial charge in [0.05, 0.1) is 0 Å². The second-order valence-electron chi connectivity index (χ2n) is 0. The maximum atomic E-state index is 8.28. The molecule has 0 amide bonds. The van der Waals surface area contributed by atoms with Crippen LogP contribution in [0.1, 0.15) is 0 Å². The quantitative estimate of drug-likeness (QED) is 0.385. The van der Waals surface area contributed by atoms with E-state index in [1.54, 1.807) is 0 Å². The monoisotopic (exact) mass is 150 g/mol. The molecule has 4 heavy (non-hydrogen) atoms. The molecule has 0 heterocycles. The van der Waals surface area contributed by atoms with Gasteiger partial charge in [-0.05, 0) is 0 Å². The molecular formula is H2AlLiMoO. The molecule has 0 aromatic carbocycles. The van der Waals surface area contributed by atoms with Gasteiger partial charge < -0.3 is 0 Å². The van der Waals surface area contributed by atoms with E-state index in [1.807, 2.05) is 0 Å². The van der Waals surface area contributed by atoms with Gasteiger partial charge in [-0.3, -0.25) is 0 Å². The molecule has 0 bridgehead atoms. The first kappa shape index (κ1) is 17.5. The summed E-state index contributed by atoms with van der Waals surface area (Å²) in [6.07, 6.45) is 0. The Balaban J connectivity index is -0.00000000500. The molecule has 0 rings (SSSR count). The van der Waals surface area contributed by atoms with Crippen LogP contribution in [0, 0.1) is 0 Å². The average molecular weight is 148 g/mol. The van der Waals surface area contributed by atoms with E-state index in [-0.39, 0.29) is 39.9 Å². The van der Waals surface area contributed by atoms with Gasteiger partial charge in [-0.25, -0.2) is 0 Å². The summed E-state index contributed by atoms with van der Waals surface area (Å²) in [5.74, 6) is 0. The van der Waals surface area contributed by atoms with Gasteiger partial charge in [0.25, 0.3) is 0 Å². The third-order valence-electron chi connectivity index (χ3n) is 0. The van der Waals surface area contributed by atoms with Crippen molar-refractivity contribution in [3.63, 3.8) is 0 Å². The summed E-state index contributed by atoms with van der Waals surface area (Å²) in [5.41, 5.74) is 0. The van der Waals surface area contributed by atoms with Gasteiger partial charge in [-0.15, -0.1) is 0 Å². The van der Waals surface area contributed by atoms with Crippen LogP contribution < -0.4 is 0 Å². The number of rotatable bonds is 0. The van der Waals surface area contributed by atoms with E-state index in [0.29, 0.717) is 16.2 Å². The van der Waals surface area contributed by atoms with Gasteiger partial charge in [0.1, 0.15) is 0 Å². The Kier molecular flexibility index (Phi) is 101. The molecule has 0 fully saturated rings. The molecule has 0 unspecified atom stereocenters. The van der Waals surface area contributed by atoms with Crippen molar-refractivity contribution in [1.29, 1.82) is 0 Å². The molecule has 0 N–H and O–H groups in total. The van der Waals surface area contributed by atoms with Crippen molar-refractivity contribution in [2.45, 2.75) is 0 Å². The summed E-state index contributed by atoms with van der Waals surface area (Å²) in [6.45, 7) is 0. The normalized spacial score (nSPS) is 0.750. The van der Waals surface area contributed by atoms with Crippen molar-refractivity contribution in [1.82, 2.24) is 0 Å². The Bertz CT molecular complexity index is 8.00. The fourth-order valence-corrected chi connectivity index (χ4v) is 0. The number of hydrogen-bond acceptors (Lipinski definition) is 1. The van der Waals surface area contributed by atoms with Crippen molar-refractivity contribution >= 4 is 35.1 Å². The molecule has 0 atom stereocenters. The van der Waals surface area contributed by atoms with Crippen LogP contribution in [-0.2, 0) is 24.9 Å². The van der Waals surface area contributed by atoms with E-state index in [0.717, 1.165) is 0 Å². The van der Waals surface area contributed by atoms with E-state index in [2.05, 4.69) is 0 Å². The van der Waals surface area contributed by atoms with Gasteiger partial charge in [0, 0.05) is 21.1 Å². The molecule has 0 aliphatic rings. The zero-order valence-corrected chi connectivity index (χ0v) is 4.94. The molecular weight excluding hydrogens is 146 g/mol. The molecule has 0 aromatic rings. The zero-order valence-electron chi connectivity index (χ0n) is 1.52. The Hall–Kier alpha value is 1.62. The maximum absolute atomic E-state index is 8.28. The molecule has 0 aromatic heterocycles. The predicted octanol–water partition coefficient (Wildman–Crippen LogP) is -1.42. The molecule has 0 saturated carbocycles. The van der Waals surface area contributed by atoms with Gasteiger partial charge >= 0.3 is 38.9 Å². The average Bonchev–Trinajstić information content (AvgIpc) is 1.00. The first-order chi connectivity index (χ1) is 1.00. The predicted molar refractivity (Wildman–Crippen MR) is 15.0 cm³/mol. The SMILES string of the molecule is [LiH].[Mo].[O]=[AlH]. The van der Waals surface area contributed by atoms with Crippen molar-refractivity contribution in [2.24, 2.45) is 0 Å². The third kappa shape index (κ3) is 9.47. The van der Waals surface area contributed by atoms with Crippen molar-refractivity contribution < 1.29 is 24.9 Å². The Labute approximate surface area is 59.6 Å². The van der Waals surface area contributed by atoms with Crippen LogP contribution in [0.25, 0.3) is 0 Å². The summed E-state index contributed by atoms with van der Waals surface area (Å²) >= 11 is 0.611. The fourth-order valence-electron chi connectivity index (χ4n) is 0. The van der Waals surface area contributed by atoms with E-state index >= 15 is 0 Å². The second kappa shape index (κ2) is 23.1. The fraction of sp³-hybridized carbons (Fsp3) is 0. The molecule has 0 spiro atoms. The van der Waals surface area contributed by atoms with Crippen LogP contribution in [0.2, 0.25) is 0 Å². The van der Waals surface area contributed by atoms with E-state index in [4.69, 9.17) is 3.80 Å². The van der Waals surface area contributed by atoms with E-state index in [1.165, 1.54) is 0 Å². The van der Waals surface area contributed by atoms with Gasteiger partial charge in [-0.1, -0.05) is 0 Å². The summed E-state index contributed by atoms with van der Waals surface area (Å²) < 4.78 is 8.28. The minimum atomic E-state index is 0. The van der Waals surface area contributed by atoms with Crippen molar-refractivity contribution in [2.75, 3.05) is 0 Å². The number of hydrogen-bond donors (Lipinski definition) is 0. The standard InChI is InChI=1S/Al.Li.Mo.O.2H. The molecule has 0 saturated heterocycles. The Morgan fingerprint density at radius 2 is 1.25 bits per heavy atom. The van der Waals surface area contributed by atoms with Crippen LogP contribution in [-0.4, -0.2) is 35.1 Å². The van der Waals surface area contributed by atoms with Gasteiger partial charge in [0.15, 0.2) is 0 Å². The van der Waals surface area contributed by atoms with Crippen molar-refractivity contribution in [3.8, 4) is 0 Å². The van der Waals surface area contributed by atoms with Crippen molar-refractivity contribution in [3.05, 3.63) is 0 Å². The van der Waals surface area contributed by atoms with Gasteiger partial charge in [-0.2, -0.15) is 0 Å². The van der Waals surface area contributed by atoms with Gasteiger partial charge in [0.2, 0.25) is 0 Å². The third-order valence-corrected chi connectivity index (χ3v) is 0. The van der Waals surface area contributed by atoms with Crippen LogP contribution in [0.5, 0.6) is 0 Å². The van der Waals surface area contributed by atoms with Crippen LogP contribution in [0.15, 0.2) is 0 Å². The molecule has 0 radical (unpaired) electrons. The Morgan fingerprint density at radius 3 is 1.25 bits per heavy atom. The summed E-state index contributed by atoms with van der Waals surface area (Å²) in [7, 11) is 0. The first-order valence-corrected chi connectivity index (χ1v) is 0.866. The summed E-state index contributed by atoms with van der Waals surface area (Å²) in [4.78, 5) is 0. The van der Waals surface area contributed by atoms with Crippen LogP contribution in [0.4, 0.5) is 0 Å². The summed E-state index contributed by atoms with van der Waals surface area (Å²) in [5, 5.41) is 0. The topological polar surface area (TPSA) is 17.1 Å². The molecule has 1 nitrogen and oxygen atoms in total. The Morgan fingerprint density at radius 1 is 1.25 bits per heavy atom. The second-order valence-corrected chi connectivity index (χ2v) is 0. The van der Waals surface area contributed by atoms with E-state index in [9.17, 15) is 0 Å². The van der Waals surface area contributed by atoms with Crippen LogP contribution >= 0.6 is 0 Å². The minimum absolute atomic E-state index is 0. The van der Waals surface area contributed by atoms with E-state index < -0.39 is 0 Å². The zero-order chi connectivity index (χ0) is 2.00. The molecule has 0 aliphatic carbocycles. The molecule has 4 heteroatoms. The molecule has 18 valence electrons. The molecule has 0 aliphatic heterocycles.